The van der Waals surface area contributed by atoms with Gasteiger partial charge in [-0.15, -0.1) is 0 Å². The first-order valence-corrected chi connectivity index (χ1v) is 11.3. The topological polar surface area (TPSA) is 82.4 Å². The molecule has 6 nitrogen and oxygen atoms in total. The zero-order valence-corrected chi connectivity index (χ0v) is 16.8. The van der Waals surface area contributed by atoms with Gasteiger partial charge in [0.05, 0.1) is 30.3 Å². The SMILES string of the molecule is OCCOC1CC[C@@]2(O)[C@H]3Cc4ccc(O)c5c4[C@@]2(CCN3CC2CCC2)[C@H]1O5. The molecule has 1 aromatic rings. The van der Waals surface area contributed by atoms with Crippen LogP contribution in [0.1, 0.15) is 49.7 Å². The Bertz CT molecular complexity index is 826. The van der Waals surface area contributed by atoms with Gasteiger partial charge in [0.15, 0.2) is 11.5 Å². The highest BCUT2D eigenvalue weighted by Gasteiger charge is 2.73. The van der Waals surface area contributed by atoms with Gasteiger partial charge < -0.3 is 24.8 Å². The quantitative estimate of drug-likeness (QED) is 0.697. The van der Waals surface area contributed by atoms with Gasteiger partial charge in [-0.1, -0.05) is 12.5 Å². The van der Waals surface area contributed by atoms with Gasteiger partial charge in [-0.05, 0) is 62.6 Å². The maximum absolute atomic E-state index is 12.3. The highest BCUT2D eigenvalue weighted by molar-refractivity contribution is 5.62. The van der Waals surface area contributed by atoms with Crippen LogP contribution in [0.5, 0.6) is 11.5 Å². The first-order chi connectivity index (χ1) is 14.1. The second-order valence-corrected chi connectivity index (χ2v) is 9.82. The third-order valence-electron chi connectivity index (χ3n) is 8.66. The molecule has 1 spiro atoms. The van der Waals surface area contributed by atoms with Crippen LogP contribution in [0.4, 0.5) is 0 Å². The molecule has 6 rings (SSSR count). The molecule has 3 N–H and O–H groups in total. The molecule has 0 radical (unpaired) electrons. The summed E-state index contributed by atoms with van der Waals surface area (Å²) >= 11 is 0. The fourth-order valence-electron chi connectivity index (χ4n) is 7.19. The number of aromatic hydroxyl groups is 1. The van der Waals surface area contributed by atoms with E-state index < -0.39 is 11.0 Å². The monoisotopic (exact) mass is 401 g/mol. The van der Waals surface area contributed by atoms with E-state index in [0.717, 1.165) is 37.4 Å². The molecule has 1 aromatic carbocycles. The number of likely N-dealkylation sites (tertiary alicyclic amines) is 1. The Hall–Kier alpha value is -1.34. The number of piperidine rings is 1. The molecule has 1 unspecified atom stereocenters. The molecule has 158 valence electrons. The van der Waals surface area contributed by atoms with Crippen molar-refractivity contribution in [3.05, 3.63) is 23.3 Å². The van der Waals surface area contributed by atoms with E-state index in [4.69, 9.17) is 9.47 Å². The van der Waals surface area contributed by atoms with Crippen LogP contribution in [0.15, 0.2) is 12.1 Å². The van der Waals surface area contributed by atoms with Gasteiger partial charge in [0.25, 0.3) is 0 Å². The molecule has 2 saturated carbocycles. The Morgan fingerprint density at radius 3 is 2.83 bits per heavy atom. The summed E-state index contributed by atoms with van der Waals surface area (Å²) < 4.78 is 12.4. The molecule has 2 heterocycles. The van der Waals surface area contributed by atoms with Crippen molar-refractivity contribution in [3.8, 4) is 11.5 Å². The van der Waals surface area contributed by atoms with E-state index in [2.05, 4.69) is 4.90 Å². The average molecular weight is 402 g/mol. The second-order valence-electron chi connectivity index (χ2n) is 9.82. The van der Waals surface area contributed by atoms with Crippen LogP contribution in [-0.2, 0) is 16.6 Å². The number of aliphatic hydroxyl groups is 2. The Morgan fingerprint density at radius 1 is 1.21 bits per heavy atom. The van der Waals surface area contributed by atoms with Crippen LogP contribution in [-0.4, -0.2) is 70.4 Å². The maximum Gasteiger partial charge on any atom is 0.165 e. The minimum atomic E-state index is -0.870. The van der Waals surface area contributed by atoms with E-state index in [1.807, 2.05) is 6.07 Å². The number of hydrogen-bond donors (Lipinski definition) is 3. The summed E-state index contributed by atoms with van der Waals surface area (Å²) in [4.78, 5) is 2.55. The lowest BCUT2D eigenvalue weighted by Crippen LogP contribution is -2.77. The van der Waals surface area contributed by atoms with Gasteiger partial charge >= 0.3 is 0 Å². The van der Waals surface area contributed by atoms with Crippen molar-refractivity contribution in [2.24, 2.45) is 5.92 Å². The first-order valence-electron chi connectivity index (χ1n) is 11.3. The van der Waals surface area contributed by atoms with E-state index in [9.17, 15) is 15.3 Å². The second kappa shape index (κ2) is 6.33. The van der Waals surface area contributed by atoms with E-state index >= 15 is 0 Å². The summed E-state index contributed by atoms with van der Waals surface area (Å²) in [6.07, 6.45) is 6.47. The van der Waals surface area contributed by atoms with Crippen molar-refractivity contribution >= 4 is 0 Å². The number of phenols is 1. The summed E-state index contributed by atoms with van der Waals surface area (Å²) in [5.74, 6) is 1.48. The lowest BCUT2D eigenvalue weighted by Gasteiger charge is -2.64. The van der Waals surface area contributed by atoms with E-state index in [-0.39, 0.29) is 37.2 Å². The molecule has 0 amide bonds. The van der Waals surface area contributed by atoms with E-state index in [1.54, 1.807) is 6.07 Å². The molecule has 3 fully saturated rings. The molecule has 2 bridgehead atoms. The molecule has 29 heavy (non-hydrogen) atoms. The number of aliphatic hydroxyl groups excluding tert-OH is 1. The Labute approximate surface area is 171 Å². The zero-order valence-electron chi connectivity index (χ0n) is 16.8. The standard InChI is InChI=1S/C23H31NO5/c25-10-11-28-17-6-7-23(27)18-12-15-4-5-16(26)20-19(15)22(23,21(17)29-20)8-9-24(18)13-14-2-1-3-14/h4-5,14,17-18,21,25-27H,1-3,6-13H2/t17?,18-,21+,22+,23-/m1/s1. The highest BCUT2D eigenvalue weighted by atomic mass is 16.6. The minimum Gasteiger partial charge on any atom is -0.504 e. The molecule has 1 saturated heterocycles. The number of benzene rings is 1. The highest BCUT2D eigenvalue weighted by Crippen LogP contribution is 2.65. The molecule has 2 aliphatic heterocycles. The van der Waals surface area contributed by atoms with Gasteiger partial charge in [0.1, 0.15) is 6.10 Å². The number of rotatable bonds is 5. The van der Waals surface area contributed by atoms with Crippen molar-refractivity contribution in [1.82, 2.24) is 4.90 Å². The van der Waals surface area contributed by atoms with Crippen molar-refractivity contribution in [1.29, 1.82) is 0 Å². The van der Waals surface area contributed by atoms with Crippen molar-refractivity contribution < 1.29 is 24.8 Å². The number of hydrogen-bond acceptors (Lipinski definition) is 6. The molecular formula is C23H31NO5. The zero-order chi connectivity index (χ0) is 19.8. The largest absolute Gasteiger partial charge is 0.504 e. The third kappa shape index (κ3) is 2.26. The Balaban J connectivity index is 1.46. The van der Waals surface area contributed by atoms with Gasteiger partial charge in [0.2, 0.25) is 0 Å². The Kier molecular flexibility index (Phi) is 4.02. The van der Waals surface area contributed by atoms with Gasteiger partial charge in [-0.2, -0.15) is 0 Å². The summed E-state index contributed by atoms with van der Waals surface area (Å²) in [6, 6.07) is 3.85. The average Bonchev–Trinajstić information content (AvgIpc) is 3.03. The van der Waals surface area contributed by atoms with E-state index in [1.165, 1.54) is 24.8 Å². The lowest BCUT2D eigenvalue weighted by molar-refractivity contribution is -0.217. The lowest BCUT2D eigenvalue weighted by atomic mass is 9.48. The molecular weight excluding hydrogens is 370 g/mol. The van der Waals surface area contributed by atoms with E-state index in [0.29, 0.717) is 18.6 Å². The summed E-state index contributed by atoms with van der Waals surface area (Å²) in [5.41, 5.74) is 0.830. The van der Waals surface area contributed by atoms with Crippen LogP contribution in [0, 0.1) is 5.92 Å². The fraction of sp³-hybridized carbons (Fsp3) is 0.739. The maximum atomic E-state index is 12.3. The van der Waals surface area contributed by atoms with Crippen LogP contribution in [0.25, 0.3) is 0 Å². The number of ether oxygens (including phenoxy) is 2. The van der Waals surface area contributed by atoms with Crippen LogP contribution < -0.4 is 4.74 Å². The number of nitrogens with zero attached hydrogens (tertiary/aromatic N) is 1. The molecule has 3 aliphatic carbocycles. The first kappa shape index (κ1) is 18.4. The van der Waals surface area contributed by atoms with Gasteiger partial charge in [-0.25, -0.2) is 0 Å². The summed E-state index contributed by atoms with van der Waals surface area (Å²) in [7, 11) is 0. The van der Waals surface area contributed by atoms with Crippen LogP contribution >= 0.6 is 0 Å². The molecule has 0 aromatic heterocycles. The Morgan fingerprint density at radius 2 is 2.07 bits per heavy atom. The van der Waals surface area contributed by atoms with Crippen molar-refractivity contribution in [2.45, 2.75) is 74.2 Å². The molecule has 6 heteroatoms. The molecule has 5 atom stereocenters. The van der Waals surface area contributed by atoms with Crippen molar-refractivity contribution in [3.63, 3.8) is 0 Å². The normalized spacial score (nSPS) is 40.3. The van der Waals surface area contributed by atoms with Gasteiger partial charge in [-0.3, -0.25) is 4.90 Å². The number of phenolic OH excluding ortho intramolecular Hbond substituents is 1. The van der Waals surface area contributed by atoms with Crippen LogP contribution in [0.3, 0.4) is 0 Å². The smallest absolute Gasteiger partial charge is 0.165 e. The van der Waals surface area contributed by atoms with Gasteiger partial charge in [0, 0.05) is 18.2 Å². The fourth-order valence-corrected chi connectivity index (χ4v) is 7.19. The molecule has 5 aliphatic rings. The predicted octanol–water partition coefficient (Wildman–Crippen LogP) is 1.72. The van der Waals surface area contributed by atoms with Crippen LogP contribution in [0.2, 0.25) is 0 Å². The predicted molar refractivity (Wildman–Crippen MR) is 106 cm³/mol. The summed E-state index contributed by atoms with van der Waals surface area (Å²) in [5, 5.41) is 32.2. The third-order valence-corrected chi connectivity index (χ3v) is 8.66. The minimum absolute atomic E-state index is 0.0261. The summed E-state index contributed by atoms with van der Waals surface area (Å²) in [6.45, 7) is 2.27. The van der Waals surface area contributed by atoms with Crippen molar-refractivity contribution in [2.75, 3.05) is 26.3 Å².